The molecular formula is C16H12BrNOS. The summed E-state index contributed by atoms with van der Waals surface area (Å²) in [7, 11) is 0. The average molecular weight is 346 g/mol. The zero-order chi connectivity index (χ0) is 13.9. The van der Waals surface area contributed by atoms with Gasteiger partial charge in [0.15, 0.2) is 0 Å². The van der Waals surface area contributed by atoms with E-state index in [0.29, 0.717) is 0 Å². The molecule has 1 amide bonds. The van der Waals surface area contributed by atoms with Gasteiger partial charge in [0.2, 0.25) is 0 Å². The molecule has 3 rings (SSSR count). The second-order valence-electron chi connectivity index (χ2n) is 4.47. The van der Waals surface area contributed by atoms with Crippen LogP contribution in [0.15, 0.2) is 58.4 Å². The number of thioether (sulfide) groups is 1. The van der Waals surface area contributed by atoms with Gasteiger partial charge < -0.3 is 5.32 Å². The van der Waals surface area contributed by atoms with Gasteiger partial charge in [0, 0.05) is 21.5 Å². The summed E-state index contributed by atoms with van der Waals surface area (Å²) in [6.07, 6.45) is 0. The van der Waals surface area contributed by atoms with Gasteiger partial charge in [-0.15, -0.1) is 11.8 Å². The molecular weight excluding hydrogens is 334 g/mol. The van der Waals surface area contributed by atoms with Crippen molar-refractivity contribution < 1.29 is 4.79 Å². The number of rotatable bonds is 3. The van der Waals surface area contributed by atoms with Crippen LogP contribution in [0.1, 0.15) is 11.1 Å². The lowest BCUT2D eigenvalue weighted by Gasteiger charge is -2.00. The summed E-state index contributed by atoms with van der Waals surface area (Å²) in [6, 6.07) is 16.0. The molecule has 100 valence electrons. The fourth-order valence-corrected chi connectivity index (χ4v) is 3.19. The monoisotopic (exact) mass is 345 g/mol. The molecule has 1 heterocycles. The number of halogens is 1. The first-order valence-electron chi connectivity index (χ1n) is 6.21. The van der Waals surface area contributed by atoms with E-state index in [1.807, 2.05) is 41.8 Å². The fourth-order valence-electron chi connectivity index (χ4n) is 2.06. The van der Waals surface area contributed by atoms with E-state index in [1.165, 1.54) is 5.56 Å². The average Bonchev–Trinajstić information content (AvgIpc) is 2.77. The lowest BCUT2D eigenvalue weighted by Crippen LogP contribution is -2.03. The molecule has 0 aliphatic carbocycles. The minimum Gasteiger partial charge on any atom is -0.321 e. The second-order valence-corrected chi connectivity index (χ2v) is 6.24. The molecule has 0 spiro atoms. The molecule has 0 fully saturated rings. The minimum atomic E-state index is -0.0190. The summed E-state index contributed by atoms with van der Waals surface area (Å²) in [4.78, 5) is 11.9. The number of anilines is 1. The third-order valence-corrected chi connectivity index (χ3v) is 4.51. The van der Waals surface area contributed by atoms with Crippen LogP contribution < -0.4 is 5.32 Å². The Bertz CT molecular complexity index is 679. The number of carbonyl (C=O) groups is 1. The summed E-state index contributed by atoms with van der Waals surface area (Å²) >= 11 is 5.06. The molecule has 0 unspecified atom stereocenters. The highest BCUT2D eigenvalue weighted by Crippen LogP contribution is 2.33. The van der Waals surface area contributed by atoms with Crippen molar-refractivity contribution in [3.05, 3.63) is 69.5 Å². The van der Waals surface area contributed by atoms with E-state index in [4.69, 9.17) is 0 Å². The van der Waals surface area contributed by atoms with E-state index < -0.39 is 0 Å². The number of fused-ring (bicyclic) bond motifs is 1. The maximum atomic E-state index is 11.9. The van der Waals surface area contributed by atoms with Crippen LogP contribution in [0, 0.1) is 0 Å². The first-order chi connectivity index (χ1) is 9.74. The van der Waals surface area contributed by atoms with E-state index in [9.17, 15) is 4.79 Å². The third-order valence-electron chi connectivity index (χ3n) is 3.07. The molecule has 20 heavy (non-hydrogen) atoms. The topological polar surface area (TPSA) is 29.1 Å². The lowest BCUT2D eigenvalue weighted by molar-refractivity contribution is -0.110. The Hall–Kier alpha value is -1.52. The van der Waals surface area contributed by atoms with Crippen molar-refractivity contribution in [3.63, 3.8) is 0 Å². The number of para-hydroxylation sites is 1. The van der Waals surface area contributed by atoms with E-state index in [1.54, 1.807) is 11.8 Å². The van der Waals surface area contributed by atoms with Crippen LogP contribution >= 0.6 is 27.7 Å². The van der Waals surface area contributed by atoms with Gasteiger partial charge in [-0.3, -0.25) is 4.79 Å². The lowest BCUT2D eigenvalue weighted by atomic mass is 10.1. The van der Waals surface area contributed by atoms with Crippen LogP contribution in [0.3, 0.4) is 0 Å². The molecule has 0 saturated heterocycles. The number of amides is 1. The molecule has 1 N–H and O–H groups in total. The molecule has 0 aromatic heterocycles. The molecule has 1 aliphatic rings. The van der Waals surface area contributed by atoms with Gasteiger partial charge in [-0.25, -0.2) is 0 Å². The highest BCUT2D eigenvalue weighted by atomic mass is 79.9. The summed E-state index contributed by atoms with van der Waals surface area (Å²) in [5.41, 5.74) is 3.87. The standard InChI is InChI=1S/C16H12BrNOS/c17-12-7-5-11(6-8-12)9-20-10-14-13-3-1-2-4-15(13)18-16(14)19/h1-8,10H,9H2,(H,18,19). The van der Waals surface area contributed by atoms with E-state index in [-0.39, 0.29) is 5.91 Å². The zero-order valence-corrected chi connectivity index (χ0v) is 13.0. The van der Waals surface area contributed by atoms with Crippen molar-refractivity contribution in [2.24, 2.45) is 0 Å². The molecule has 4 heteroatoms. The molecule has 0 bridgehead atoms. The van der Waals surface area contributed by atoms with Gasteiger partial charge in [-0.1, -0.05) is 46.3 Å². The van der Waals surface area contributed by atoms with Crippen molar-refractivity contribution in [2.45, 2.75) is 5.75 Å². The van der Waals surface area contributed by atoms with Crippen LogP contribution in [0.2, 0.25) is 0 Å². The Balaban J connectivity index is 1.73. The number of hydrogen-bond donors (Lipinski definition) is 1. The predicted molar refractivity (Wildman–Crippen MR) is 88.5 cm³/mol. The predicted octanol–water partition coefficient (Wildman–Crippen LogP) is 4.68. The van der Waals surface area contributed by atoms with Crippen molar-refractivity contribution in [1.82, 2.24) is 0 Å². The first kappa shape index (κ1) is 13.5. The SMILES string of the molecule is O=C1Nc2ccccc2C1=CSCc1ccc(Br)cc1. The smallest absolute Gasteiger partial charge is 0.256 e. The maximum Gasteiger partial charge on any atom is 0.256 e. The zero-order valence-electron chi connectivity index (χ0n) is 10.6. The van der Waals surface area contributed by atoms with Crippen LogP contribution in [0.5, 0.6) is 0 Å². The Morgan fingerprint density at radius 2 is 1.85 bits per heavy atom. The molecule has 0 radical (unpaired) electrons. The molecule has 1 aliphatic heterocycles. The van der Waals surface area contributed by atoms with E-state index >= 15 is 0 Å². The van der Waals surface area contributed by atoms with Crippen LogP contribution in [-0.4, -0.2) is 5.91 Å². The third kappa shape index (κ3) is 2.81. The minimum absolute atomic E-state index is 0.0190. The second kappa shape index (κ2) is 5.85. The van der Waals surface area contributed by atoms with Gasteiger partial charge in [0.1, 0.15) is 0 Å². The Morgan fingerprint density at radius 3 is 2.65 bits per heavy atom. The van der Waals surface area contributed by atoms with Crippen molar-refractivity contribution >= 4 is 44.9 Å². The highest BCUT2D eigenvalue weighted by Gasteiger charge is 2.22. The normalized spacial score (nSPS) is 15.2. The largest absolute Gasteiger partial charge is 0.321 e. The van der Waals surface area contributed by atoms with Crippen LogP contribution in [0.4, 0.5) is 5.69 Å². The summed E-state index contributed by atoms with van der Waals surface area (Å²) in [5.74, 6) is 0.834. The molecule has 2 aromatic carbocycles. The van der Waals surface area contributed by atoms with Crippen LogP contribution in [0.25, 0.3) is 5.57 Å². The van der Waals surface area contributed by atoms with Gasteiger partial charge in [0.25, 0.3) is 5.91 Å². The highest BCUT2D eigenvalue weighted by molar-refractivity contribution is 9.10. The van der Waals surface area contributed by atoms with Gasteiger partial charge in [-0.05, 0) is 29.2 Å². The molecule has 2 nitrogen and oxygen atoms in total. The van der Waals surface area contributed by atoms with Crippen LogP contribution in [-0.2, 0) is 10.5 Å². The summed E-state index contributed by atoms with van der Waals surface area (Å²) in [6.45, 7) is 0. The Morgan fingerprint density at radius 1 is 1.10 bits per heavy atom. The number of benzene rings is 2. The van der Waals surface area contributed by atoms with Crippen molar-refractivity contribution in [2.75, 3.05) is 5.32 Å². The Labute approximate surface area is 130 Å². The maximum absolute atomic E-state index is 11.9. The number of nitrogens with one attached hydrogen (secondary N) is 1. The first-order valence-corrected chi connectivity index (χ1v) is 8.05. The van der Waals surface area contributed by atoms with Gasteiger partial charge in [0.05, 0.1) is 5.57 Å². The van der Waals surface area contributed by atoms with Gasteiger partial charge >= 0.3 is 0 Å². The number of hydrogen-bond acceptors (Lipinski definition) is 2. The summed E-state index contributed by atoms with van der Waals surface area (Å²) < 4.78 is 1.08. The van der Waals surface area contributed by atoms with Crippen molar-refractivity contribution in [1.29, 1.82) is 0 Å². The number of carbonyl (C=O) groups excluding carboxylic acids is 1. The van der Waals surface area contributed by atoms with E-state index in [2.05, 4.69) is 33.4 Å². The Kier molecular flexibility index (Phi) is 3.94. The fraction of sp³-hybridized carbons (Fsp3) is 0.0625. The van der Waals surface area contributed by atoms with Gasteiger partial charge in [-0.2, -0.15) is 0 Å². The summed E-state index contributed by atoms with van der Waals surface area (Å²) in [5, 5.41) is 4.82. The quantitative estimate of drug-likeness (QED) is 0.818. The molecule has 0 saturated carbocycles. The van der Waals surface area contributed by atoms with E-state index in [0.717, 1.165) is 27.0 Å². The van der Waals surface area contributed by atoms with Crippen molar-refractivity contribution in [3.8, 4) is 0 Å². The molecule has 2 aromatic rings. The molecule has 0 atom stereocenters.